The monoisotopic (exact) mass is 949 g/mol. The van der Waals surface area contributed by atoms with Crippen LogP contribution < -0.4 is 11.2 Å². The Morgan fingerprint density at radius 3 is 1.71 bits per heavy atom. The molecule has 0 spiro atoms. The molecule has 1 atom stereocenters. The molecule has 15 heteroatoms. The number of phenolic OH excluding ortho intramolecular Hbond substituents is 1. The predicted molar refractivity (Wildman–Crippen MR) is 262 cm³/mol. The van der Waals surface area contributed by atoms with Crippen LogP contribution in [0.1, 0.15) is 76.4 Å². The number of phenols is 1. The van der Waals surface area contributed by atoms with E-state index < -0.39 is 17.4 Å². The highest BCUT2D eigenvalue weighted by atomic mass is 35.5. The standard InChI is InChI=1S/C53H49Cl2N7O6/c54-44-26-40-48(35-14-12-13-34(25-35)47(63)20-3-1-2-19-46(56)53(66)67)41-27-45(55)50(65)43(33-62(30-38-17-6-10-23-59-38)31-39-18-7-11-24-60-39)52(41)68-51(40)42(49(44)64)32-61(28-36-15-4-8-21-57-36)29-37-16-5-9-22-58-37/h4-18,21-27,46,64H,1-3,19-20,28-33,56H2,(H,66,67). The molecule has 0 bridgehead atoms. The molecular weight excluding hydrogens is 902 g/mol. The molecule has 1 aliphatic heterocycles. The molecule has 0 saturated heterocycles. The van der Waals surface area contributed by atoms with Gasteiger partial charge in [-0.3, -0.25) is 44.1 Å². The molecule has 0 amide bonds. The van der Waals surface area contributed by atoms with E-state index in [1.807, 2.05) is 83.8 Å². The number of carboxylic acid groups (broad SMARTS) is 1. The number of unbranched alkanes of at least 4 members (excludes halogenated alkanes) is 2. The lowest BCUT2D eigenvalue weighted by atomic mass is 9.89. The van der Waals surface area contributed by atoms with Crippen molar-refractivity contribution in [2.45, 2.75) is 77.4 Å². The van der Waals surface area contributed by atoms with E-state index in [1.54, 1.807) is 55.1 Å². The van der Waals surface area contributed by atoms with Crippen LogP contribution in [-0.2, 0) is 44.1 Å². The first-order valence-electron chi connectivity index (χ1n) is 22.3. The molecule has 0 fully saturated rings. The lowest BCUT2D eigenvalue weighted by Gasteiger charge is -2.26. The number of Topliss-reactive ketones (excluding diaryl/α,β-unsaturated/α-hetero) is 1. The number of aliphatic carboxylic acids is 1. The summed E-state index contributed by atoms with van der Waals surface area (Å²) in [5.74, 6) is -1.10. The molecular formula is C53H49Cl2N7O6. The maximum absolute atomic E-state index is 14.5. The Morgan fingerprint density at radius 2 is 1.19 bits per heavy atom. The summed E-state index contributed by atoms with van der Waals surface area (Å²) in [6.45, 7) is 1.68. The fraction of sp³-hybridized carbons (Fsp3) is 0.226. The first kappa shape index (κ1) is 47.6. The van der Waals surface area contributed by atoms with Crippen molar-refractivity contribution in [1.29, 1.82) is 0 Å². The number of carbonyl (C=O) groups excluding carboxylic acids is 1. The van der Waals surface area contributed by atoms with Crippen LogP contribution in [0, 0.1) is 0 Å². The van der Waals surface area contributed by atoms with Crippen molar-refractivity contribution >= 4 is 45.9 Å². The maximum Gasteiger partial charge on any atom is 0.320 e. The van der Waals surface area contributed by atoms with E-state index in [9.17, 15) is 19.5 Å². The van der Waals surface area contributed by atoms with Gasteiger partial charge in [-0.25, -0.2) is 0 Å². The number of pyridine rings is 4. The molecule has 4 aromatic heterocycles. The van der Waals surface area contributed by atoms with E-state index in [0.29, 0.717) is 85.1 Å². The molecule has 2 aliphatic rings. The first-order chi connectivity index (χ1) is 33.0. The van der Waals surface area contributed by atoms with Crippen molar-refractivity contribution in [2.24, 2.45) is 5.73 Å². The summed E-state index contributed by atoms with van der Waals surface area (Å²) in [7, 11) is 0. The Bertz CT molecular complexity index is 2950. The number of ketones is 1. The van der Waals surface area contributed by atoms with Crippen LogP contribution in [0.15, 0.2) is 143 Å². The van der Waals surface area contributed by atoms with Gasteiger partial charge in [-0.05, 0) is 85.1 Å². The highest BCUT2D eigenvalue weighted by Gasteiger charge is 2.29. The molecule has 2 aromatic carbocycles. The summed E-state index contributed by atoms with van der Waals surface area (Å²) < 4.78 is 7.02. The zero-order valence-electron chi connectivity index (χ0n) is 37.1. The number of fused-ring (bicyclic) bond motifs is 2. The second kappa shape index (κ2) is 22.3. The van der Waals surface area contributed by atoms with Gasteiger partial charge in [0.05, 0.1) is 43.9 Å². The summed E-state index contributed by atoms with van der Waals surface area (Å²) >= 11 is 13.9. The Morgan fingerprint density at radius 1 is 0.647 bits per heavy atom. The summed E-state index contributed by atoms with van der Waals surface area (Å²) in [5, 5.41) is 21.7. The Balaban J connectivity index is 1.29. The number of aromatic hydroxyl groups is 1. The molecule has 6 aromatic rings. The average molecular weight is 951 g/mol. The fourth-order valence-corrected chi connectivity index (χ4v) is 8.85. The van der Waals surface area contributed by atoms with Crippen molar-refractivity contribution < 1.29 is 24.2 Å². The third kappa shape index (κ3) is 11.6. The Labute approximate surface area is 403 Å². The first-order valence-corrected chi connectivity index (χ1v) is 23.1. The molecule has 4 N–H and O–H groups in total. The minimum Gasteiger partial charge on any atom is -0.506 e. The normalized spacial score (nSPS) is 12.0. The zero-order chi connectivity index (χ0) is 47.6. The van der Waals surface area contributed by atoms with Crippen molar-refractivity contribution in [3.8, 4) is 28.2 Å². The van der Waals surface area contributed by atoms with Crippen molar-refractivity contribution in [2.75, 3.05) is 0 Å². The number of nitrogens with zero attached hydrogens (tertiary/aromatic N) is 6. The van der Waals surface area contributed by atoms with Crippen molar-refractivity contribution in [1.82, 2.24) is 29.7 Å². The number of carbonyl (C=O) groups is 2. The molecule has 0 saturated carbocycles. The molecule has 13 nitrogen and oxygen atoms in total. The fourth-order valence-electron chi connectivity index (χ4n) is 8.40. The van der Waals surface area contributed by atoms with E-state index in [4.69, 9.17) is 38.5 Å². The summed E-state index contributed by atoms with van der Waals surface area (Å²) in [5.41, 5.74) is 11.5. The highest BCUT2D eigenvalue weighted by Crippen LogP contribution is 2.47. The third-order valence-corrected chi connectivity index (χ3v) is 12.3. The van der Waals surface area contributed by atoms with Gasteiger partial charge in [0.2, 0.25) is 5.43 Å². The largest absolute Gasteiger partial charge is 0.506 e. The highest BCUT2D eigenvalue weighted by molar-refractivity contribution is 6.33. The minimum atomic E-state index is -1.05. The number of rotatable bonds is 21. The quantitative estimate of drug-likeness (QED) is 0.0351. The van der Waals surface area contributed by atoms with E-state index in [1.165, 1.54) is 0 Å². The zero-order valence-corrected chi connectivity index (χ0v) is 38.6. The predicted octanol–water partition coefficient (Wildman–Crippen LogP) is 10.1. The molecule has 346 valence electrons. The number of benzene rings is 3. The van der Waals surface area contributed by atoms with E-state index >= 15 is 0 Å². The number of carboxylic acids is 1. The van der Waals surface area contributed by atoms with Crippen LogP contribution in [0.4, 0.5) is 0 Å². The summed E-state index contributed by atoms with van der Waals surface area (Å²) in [6, 6.07) is 32.2. The van der Waals surface area contributed by atoms with Crippen molar-refractivity contribution in [3.05, 3.63) is 194 Å². The smallest absolute Gasteiger partial charge is 0.320 e. The van der Waals surface area contributed by atoms with Crippen LogP contribution in [0.25, 0.3) is 33.4 Å². The SMILES string of the molecule is NC(CCCCCC(=O)c1cccc(-c2c3cc(Cl)c(=O)c(CN(Cc4ccccn4)Cc4ccccn4)c-3oc3c(CN(Cc4ccccn4)Cc4ccccn4)c(O)c(Cl)cc23)c1)C(=O)O. The van der Waals surface area contributed by atoms with Crippen LogP contribution >= 0.6 is 23.2 Å². The van der Waals surface area contributed by atoms with Gasteiger partial charge in [-0.15, -0.1) is 0 Å². The van der Waals surface area contributed by atoms with E-state index in [0.717, 1.165) is 22.8 Å². The topological polar surface area (TPSA) is 189 Å². The Hall–Kier alpha value is -6.87. The number of nitrogens with two attached hydrogens (primary N) is 1. The van der Waals surface area contributed by atoms with Gasteiger partial charge in [0.25, 0.3) is 0 Å². The summed E-state index contributed by atoms with van der Waals surface area (Å²) in [6.07, 6.45) is 9.22. The average Bonchev–Trinajstić information content (AvgIpc) is 3.35. The number of aromatic nitrogens is 4. The van der Waals surface area contributed by atoms with Crippen LogP contribution in [0.3, 0.4) is 0 Å². The van der Waals surface area contributed by atoms with Gasteiger partial charge in [0, 0.05) is 92.6 Å². The summed E-state index contributed by atoms with van der Waals surface area (Å²) in [4.78, 5) is 62.0. The maximum atomic E-state index is 14.5. The molecule has 1 aliphatic carbocycles. The van der Waals surface area contributed by atoms with E-state index in [2.05, 4.69) is 24.8 Å². The lowest BCUT2D eigenvalue weighted by Crippen LogP contribution is -2.29. The minimum absolute atomic E-state index is 0.0317. The molecule has 8 rings (SSSR count). The van der Waals surface area contributed by atoms with Gasteiger partial charge < -0.3 is 20.4 Å². The third-order valence-electron chi connectivity index (χ3n) is 11.7. The van der Waals surface area contributed by atoms with Gasteiger partial charge in [-0.2, -0.15) is 0 Å². The number of hydrogen-bond donors (Lipinski definition) is 3. The molecule has 5 heterocycles. The van der Waals surface area contributed by atoms with Crippen LogP contribution in [0.5, 0.6) is 5.75 Å². The van der Waals surface area contributed by atoms with Crippen molar-refractivity contribution in [3.63, 3.8) is 0 Å². The van der Waals surface area contributed by atoms with Gasteiger partial charge in [0.15, 0.2) is 5.78 Å². The molecule has 0 radical (unpaired) electrons. The molecule has 68 heavy (non-hydrogen) atoms. The number of halogens is 2. The number of hydrogen-bond acceptors (Lipinski definition) is 12. The van der Waals surface area contributed by atoms with Crippen LogP contribution in [0.2, 0.25) is 10.0 Å². The van der Waals surface area contributed by atoms with Gasteiger partial charge >= 0.3 is 5.97 Å². The van der Waals surface area contributed by atoms with Gasteiger partial charge in [-0.1, -0.05) is 78.5 Å². The van der Waals surface area contributed by atoms with E-state index in [-0.39, 0.29) is 58.0 Å². The second-order valence-electron chi connectivity index (χ2n) is 16.7. The lowest BCUT2D eigenvalue weighted by molar-refractivity contribution is -0.138. The second-order valence-corrected chi connectivity index (χ2v) is 17.5. The Kier molecular flexibility index (Phi) is 15.6. The molecule has 1 unspecified atom stereocenters. The van der Waals surface area contributed by atoms with Gasteiger partial charge in [0.1, 0.15) is 23.1 Å². The van der Waals surface area contributed by atoms with Crippen LogP contribution in [-0.4, -0.2) is 57.7 Å².